The van der Waals surface area contributed by atoms with Crippen LogP contribution in [0.5, 0.6) is 0 Å². The summed E-state index contributed by atoms with van der Waals surface area (Å²) in [4.78, 5) is 18.9. The highest BCUT2D eigenvalue weighted by Crippen LogP contribution is 2.29. The molecule has 8 heteroatoms. The lowest BCUT2D eigenvalue weighted by atomic mass is 10.3. The van der Waals surface area contributed by atoms with E-state index in [-0.39, 0.29) is 11.4 Å². The normalized spacial score (nSPS) is 16.1. The summed E-state index contributed by atoms with van der Waals surface area (Å²) in [6, 6.07) is 0. The second-order valence-corrected chi connectivity index (χ2v) is 3.93. The standard InChI is InChI=1S/C10H10F3N3O2/c11-10(12,13)9-14-5-6(8(17)18)7(15-9)16-3-1-2-4-16/h5H,1-4H2,(H,17,18). The van der Waals surface area contributed by atoms with Crippen LogP contribution in [0.4, 0.5) is 19.0 Å². The van der Waals surface area contributed by atoms with Crippen LogP contribution in [0.3, 0.4) is 0 Å². The van der Waals surface area contributed by atoms with Crippen LogP contribution in [0.15, 0.2) is 6.20 Å². The van der Waals surface area contributed by atoms with Gasteiger partial charge in [-0.3, -0.25) is 0 Å². The van der Waals surface area contributed by atoms with Crippen molar-refractivity contribution in [3.05, 3.63) is 17.6 Å². The molecule has 0 saturated carbocycles. The molecule has 0 radical (unpaired) electrons. The lowest BCUT2D eigenvalue weighted by Gasteiger charge is -2.19. The molecule has 98 valence electrons. The minimum absolute atomic E-state index is 0.151. The second-order valence-electron chi connectivity index (χ2n) is 3.93. The second kappa shape index (κ2) is 4.43. The maximum atomic E-state index is 12.5. The zero-order valence-electron chi connectivity index (χ0n) is 9.24. The van der Waals surface area contributed by atoms with Gasteiger partial charge < -0.3 is 10.0 Å². The molecule has 0 amide bonds. The minimum atomic E-state index is -4.68. The van der Waals surface area contributed by atoms with Gasteiger partial charge in [0.1, 0.15) is 11.4 Å². The van der Waals surface area contributed by atoms with E-state index in [0.29, 0.717) is 19.3 Å². The van der Waals surface area contributed by atoms with Gasteiger partial charge in [-0.1, -0.05) is 0 Å². The van der Waals surface area contributed by atoms with E-state index in [1.165, 1.54) is 0 Å². The van der Waals surface area contributed by atoms with Gasteiger partial charge in [-0.15, -0.1) is 0 Å². The van der Waals surface area contributed by atoms with Crippen LogP contribution in [-0.2, 0) is 6.18 Å². The number of alkyl halides is 3. The lowest BCUT2D eigenvalue weighted by Crippen LogP contribution is -2.24. The Morgan fingerprint density at radius 2 is 1.94 bits per heavy atom. The van der Waals surface area contributed by atoms with Crippen LogP contribution in [0, 0.1) is 0 Å². The molecule has 0 bridgehead atoms. The zero-order chi connectivity index (χ0) is 13.3. The number of carboxylic acids is 1. The smallest absolute Gasteiger partial charge is 0.451 e. The largest absolute Gasteiger partial charge is 0.477 e. The highest BCUT2D eigenvalue weighted by Gasteiger charge is 2.36. The van der Waals surface area contributed by atoms with Crippen molar-refractivity contribution >= 4 is 11.8 Å². The summed E-state index contributed by atoms with van der Waals surface area (Å²) in [5.74, 6) is -2.79. The first-order chi connectivity index (χ1) is 8.39. The van der Waals surface area contributed by atoms with Crippen LogP contribution in [0.25, 0.3) is 0 Å². The Bertz CT molecular complexity index is 470. The molecule has 2 rings (SSSR count). The first-order valence-electron chi connectivity index (χ1n) is 5.32. The van der Waals surface area contributed by atoms with Gasteiger partial charge in [-0.2, -0.15) is 13.2 Å². The predicted octanol–water partition coefficient (Wildman–Crippen LogP) is 1.79. The fourth-order valence-corrected chi connectivity index (χ4v) is 1.83. The number of rotatable bonds is 2. The third-order valence-electron chi connectivity index (χ3n) is 2.66. The van der Waals surface area contributed by atoms with Crippen LogP contribution >= 0.6 is 0 Å². The van der Waals surface area contributed by atoms with Crippen molar-refractivity contribution in [1.29, 1.82) is 0 Å². The van der Waals surface area contributed by atoms with Gasteiger partial charge in [-0.25, -0.2) is 14.8 Å². The van der Waals surface area contributed by atoms with E-state index >= 15 is 0 Å². The molecule has 0 aliphatic carbocycles. The van der Waals surface area contributed by atoms with Gasteiger partial charge in [0.15, 0.2) is 0 Å². The van der Waals surface area contributed by atoms with Crippen LogP contribution in [-0.4, -0.2) is 34.1 Å². The average molecular weight is 261 g/mol. The Kier molecular flexibility index (Phi) is 3.10. The fraction of sp³-hybridized carbons (Fsp3) is 0.500. The third-order valence-corrected chi connectivity index (χ3v) is 2.66. The molecule has 1 fully saturated rings. The third kappa shape index (κ3) is 2.36. The number of nitrogens with zero attached hydrogens (tertiary/aromatic N) is 3. The molecule has 0 spiro atoms. The molecule has 1 aliphatic heterocycles. The van der Waals surface area contributed by atoms with E-state index in [4.69, 9.17) is 5.11 Å². The molecule has 1 N–H and O–H groups in total. The number of halogens is 3. The predicted molar refractivity (Wildman–Crippen MR) is 55.4 cm³/mol. The molecule has 18 heavy (non-hydrogen) atoms. The number of hydrogen-bond donors (Lipinski definition) is 1. The summed E-state index contributed by atoms with van der Waals surface area (Å²) in [5, 5.41) is 8.93. The minimum Gasteiger partial charge on any atom is -0.477 e. The van der Waals surface area contributed by atoms with Crippen molar-refractivity contribution in [2.24, 2.45) is 0 Å². The van der Waals surface area contributed by atoms with Gasteiger partial charge in [-0.05, 0) is 12.8 Å². The van der Waals surface area contributed by atoms with Crippen LogP contribution in [0.2, 0.25) is 0 Å². The Morgan fingerprint density at radius 3 is 2.44 bits per heavy atom. The van der Waals surface area contributed by atoms with E-state index in [9.17, 15) is 18.0 Å². The maximum Gasteiger partial charge on any atom is 0.451 e. The maximum absolute atomic E-state index is 12.5. The topological polar surface area (TPSA) is 66.3 Å². The summed E-state index contributed by atoms with van der Waals surface area (Å²) < 4.78 is 37.5. The van der Waals surface area contributed by atoms with Crippen molar-refractivity contribution in [2.45, 2.75) is 19.0 Å². The first kappa shape index (κ1) is 12.6. The van der Waals surface area contributed by atoms with Crippen LogP contribution in [0.1, 0.15) is 29.0 Å². The monoisotopic (exact) mass is 261 g/mol. The number of hydrogen-bond acceptors (Lipinski definition) is 4. The molecule has 1 saturated heterocycles. The van der Waals surface area contributed by atoms with Gasteiger partial charge in [0.25, 0.3) is 0 Å². The average Bonchev–Trinajstić information content (AvgIpc) is 2.80. The summed E-state index contributed by atoms with van der Waals surface area (Å²) in [6.45, 7) is 1.02. The van der Waals surface area contributed by atoms with E-state index in [1.807, 2.05) is 0 Å². The lowest BCUT2D eigenvalue weighted by molar-refractivity contribution is -0.144. The number of anilines is 1. The first-order valence-corrected chi connectivity index (χ1v) is 5.32. The molecule has 2 heterocycles. The molecular weight excluding hydrogens is 251 g/mol. The zero-order valence-corrected chi connectivity index (χ0v) is 9.24. The van der Waals surface area contributed by atoms with Crippen molar-refractivity contribution in [1.82, 2.24) is 9.97 Å². The fourth-order valence-electron chi connectivity index (χ4n) is 1.83. The number of carbonyl (C=O) groups is 1. The highest BCUT2D eigenvalue weighted by molar-refractivity contribution is 5.93. The molecule has 1 aromatic rings. The summed E-state index contributed by atoms with van der Waals surface area (Å²) in [5.41, 5.74) is -0.301. The molecule has 0 unspecified atom stereocenters. The van der Waals surface area contributed by atoms with E-state index in [0.717, 1.165) is 12.8 Å². The summed E-state index contributed by atoms with van der Waals surface area (Å²) >= 11 is 0. The van der Waals surface area contributed by atoms with Gasteiger partial charge in [0.05, 0.1) is 0 Å². The molecule has 0 atom stereocenters. The molecule has 1 aliphatic rings. The van der Waals surface area contributed by atoms with Crippen molar-refractivity contribution < 1.29 is 23.1 Å². The van der Waals surface area contributed by atoms with Crippen molar-refractivity contribution in [2.75, 3.05) is 18.0 Å². The highest BCUT2D eigenvalue weighted by atomic mass is 19.4. The Labute approximate surface area is 100 Å². The number of aromatic carboxylic acids is 1. The molecule has 0 aromatic carbocycles. The van der Waals surface area contributed by atoms with E-state index in [1.54, 1.807) is 4.90 Å². The van der Waals surface area contributed by atoms with Gasteiger partial charge in [0.2, 0.25) is 5.82 Å². The number of aromatic nitrogens is 2. The Morgan fingerprint density at radius 1 is 1.33 bits per heavy atom. The van der Waals surface area contributed by atoms with Crippen molar-refractivity contribution in [3.63, 3.8) is 0 Å². The van der Waals surface area contributed by atoms with Gasteiger partial charge in [0, 0.05) is 19.3 Å². The summed E-state index contributed by atoms with van der Waals surface area (Å²) in [7, 11) is 0. The Hall–Kier alpha value is -1.86. The number of carboxylic acid groups (broad SMARTS) is 1. The summed E-state index contributed by atoms with van der Waals surface area (Å²) in [6.07, 6.45) is -2.34. The van der Waals surface area contributed by atoms with E-state index in [2.05, 4.69) is 9.97 Å². The molecular formula is C10H10F3N3O2. The Balaban J connectivity index is 2.47. The van der Waals surface area contributed by atoms with Gasteiger partial charge >= 0.3 is 12.1 Å². The molecule has 5 nitrogen and oxygen atoms in total. The SMILES string of the molecule is O=C(O)c1cnc(C(F)(F)F)nc1N1CCCC1. The van der Waals surface area contributed by atoms with Crippen LogP contribution < -0.4 is 4.90 Å². The quantitative estimate of drug-likeness (QED) is 0.879. The van der Waals surface area contributed by atoms with E-state index < -0.39 is 18.0 Å². The molecule has 1 aromatic heterocycles. The van der Waals surface area contributed by atoms with Crippen molar-refractivity contribution in [3.8, 4) is 0 Å².